The van der Waals surface area contributed by atoms with Crippen molar-refractivity contribution in [1.29, 1.82) is 5.26 Å². The Hall–Kier alpha value is -5.17. The van der Waals surface area contributed by atoms with Crippen molar-refractivity contribution in [2.45, 2.75) is 23.2 Å². The highest BCUT2D eigenvalue weighted by molar-refractivity contribution is 7.93. The number of amides is 1. The van der Waals surface area contributed by atoms with E-state index in [1.807, 2.05) is 30.3 Å². The summed E-state index contributed by atoms with van der Waals surface area (Å²) >= 11 is 0. The fourth-order valence-electron chi connectivity index (χ4n) is 6.14. The number of alkyl halides is 3. The predicted molar refractivity (Wildman–Crippen MR) is 178 cm³/mol. The molecule has 1 fully saturated rings. The molecule has 6 rings (SSSR count). The summed E-state index contributed by atoms with van der Waals surface area (Å²) in [5, 5.41) is 13.0. The van der Waals surface area contributed by atoms with Gasteiger partial charge in [0.2, 0.25) is 5.88 Å². The molecule has 1 aromatic heterocycles. The molecule has 0 aliphatic carbocycles. The molecule has 260 valence electrons. The number of halogens is 3. The highest BCUT2D eigenvalue weighted by Crippen LogP contribution is 2.49. The third-order valence-corrected chi connectivity index (χ3v) is 10.5. The van der Waals surface area contributed by atoms with E-state index >= 15 is 0 Å². The van der Waals surface area contributed by atoms with Crippen molar-refractivity contribution < 1.29 is 35.9 Å². The summed E-state index contributed by atoms with van der Waals surface area (Å²) in [6.45, 7) is 1.78. The van der Waals surface area contributed by atoms with Crippen molar-refractivity contribution in [3.05, 3.63) is 107 Å². The standard InChI is InChI=1S/C35H33F3N6O5S/c1-42-16-18-43(19-17-42)26-8-5-24(6-9-26)22-41-35(29-4-3-15-40-32(29)49-23-34(36,37)38)30-20-25(21-39)7-14-31(30)44(33(35)45)50(46,47)28-12-10-27(48-2)11-13-28/h3-15,20,41H,16-19,22-23H2,1-2H3. The average Bonchev–Trinajstić information content (AvgIpc) is 3.37. The first-order valence-corrected chi connectivity index (χ1v) is 17.0. The number of nitriles is 1. The highest BCUT2D eigenvalue weighted by atomic mass is 32.2. The molecule has 0 radical (unpaired) electrons. The van der Waals surface area contributed by atoms with Crippen LogP contribution in [0, 0.1) is 11.3 Å². The van der Waals surface area contributed by atoms with Crippen molar-refractivity contribution in [2.24, 2.45) is 0 Å². The highest BCUT2D eigenvalue weighted by Gasteiger charge is 2.57. The number of anilines is 2. The van der Waals surface area contributed by atoms with E-state index in [1.54, 1.807) is 0 Å². The van der Waals surface area contributed by atoms with Crippen LogP contribution in [0.5, 0.6) is 11.6 Å². The van der Waals surface area contributed by atoms with Gasteiger partial charge in [-0.3, -0.25) is 10.1 Å². The smallest absolute Gasteiger partial charge is 0.422 e. The largest absolute Gasteiger partial charge is 0.497 e. The first-order chi connectivity index (χ1) is 23.9. The number of carbonyl (C=O) groups excluding carboxylic acids is 1. The number of hydrogen-bond donors (Lipinski definition) is 1. The number of methoxy groups -OCH3 is 1. The van der Waals surface area contributed by atoms with Crippen LogP contribution in [0.4, 0.5) is 24.5 Å². The lowest BCUT2D eigenvalue weighted by Gasteiger charge is -2.34. The molecule has 50 heavy (non-hydrogen) atoms. The number of aromatic nitrogens is 1. The van der Waals surface area contributed by atoms with Gasteiger partial charge in [-0.25, -0.2) is 17.7 Å². The van der Waals surface area contributed by atoms with Crippen molar-refractivity contribution in [3.8, 4) is 17.7 Å². The first kappa shape index (κ1) is 34.7. The molecular formula is C35H33F3N6O5S. The van der Waals surface area contributed by atoms with Crippen LogP contribution in [0.2, 0.25) is 0 Å². The molecule has 2 aliphatic rings. The Bertz CT molecular complexity index is 2030. The number of likely N-dealkylation sites (N-methyl/N-ethyl adjacent to an activating group) is 1. The summed E-state index contributed by atoms with van der Waals surface area (Å²) in [5.41, 5.74) is -0.592. The zero-order valence-corrected chi connectivity index (χ0v) is 28.0. The van der Waals surface area contributed by atoms with E-state index in [0.717, 1.165) is 31.9 Å². The SMILES string of the molecule is COc1ccc(S(=O)(=O)N2C(=O)C(NCc3ccc(N4CCN(C)CC4)cc3)(c3cccnc3OCC(F)(F)F)c3cc(C#N)ccc32)cc1. The summed E-state index contributed by atoms with van der Waals surface area (Å²) in [4.78, 5) is 23.2. The quantitative estimate of drug-likeness (QED) is 0.253. The molecule has 2 aliphatic heterocycles. The monoisotopic (exact) mass is 706 g/mol. The second kappa shape index (κ2) is 13.6. The van der Waals surface area contributed by atoms with Crippen molar-refractivity contribution >= 4 is 27.3 Å². The summed E-state index contributed by atoms with van der Waals surface area (Å²) in [5.74, 6) is -1.20. The molecule has 1 atom stereocenters. The van der Waals surface area contributed by atoms with Gasteiger partial charge in [-0.2, -0.15) is 18.4 Å². The summed E-state index contributed by atoms with van der Waals surface area (Å²) in [7, 11) is -1.14. The van der Waals surface area contributed by atoms with Gasteiger partial charge in [-0.1, -0.05) is 12.1 Å². The van der Waals surface area contributed by atoms with E-state index in [2.05, 4.69) is 27.1 Å². The molecule has 15 heteroatoms. The fraction of sp³-hybridized carbons (Fsp3) is 0.286. The number of ether oxygens (including phenoxy) is 2. The molecule has 0 saturated carbocycles. The van der Waals surface area contributed by atoms with Gasteiger partial charge in [-0.15, -0.1) is 0 Å². The number of piperazine rings is 1. The maximum Gasteiger partial charge on any atom is 0.422 e. The molecule has 1 saturated heterocycles. The number of pyridine rings is 1. The number of fused-ring (bicyclic) bond motifs is 1. The maximum atomic E-state index is 14.9. The Balaban J connectivity index is 1.48. The minimum absolute atomic E-state index is 0.0255. The molecule has 3 heterocycles. The number of carbonyl (C=O) groups is 1. The number of nitrogens with zero attached hydrogens (tertiary/aromatic N) is 5. The molecule has 11 nitrogen and oxygen atoms in total. The van der Waals surface area contributed by atoms with Crippen LogP contribution in [0.1, 0.15) is 22.3 Å². The van der Waals surface area contributed by atoms with Crippen molar-refractivity contribution in [1.82, 2.24) is 15.2 Å². The van der Waals surface area contributed by atoms with Crippen LogP contribution in [0.15, 0.2) is 90.0 Å². The van der Waals surface area contributed by atoms with Gasteiger partial charge in [-0.05, 0) is 79.3 Å². The summed E-state index contributed by atoms with van der Waals surface area (Å²) < 4.78 is 79.7. The van der Waals surface area contributed by atoms with Crippen molar-refractivity contribution in [2.75, 3.05) is 56.1 Å². The van der Waals surface area contributed by atoms with Crippen LogP contribution in [-0.4, -0.2) is 77.3 Å². The Morgan fingerprint density at radius 2 is 1.68 bits per heavy atom. The lowest BCUT2D eigenvalue weighted by atomic mass is 9.83. The molecule has 1 unspecified atom stereocenters. The number of sulfonamides is 1. The minimum atomic E-state index is -4.74. The van der Waals surface area contributed by atoms with Gasteiger partial charge in [0, 0.05) is 55.7 Å². The number of rotatable bonds is 10. The Morgan fingerprint density at radius 3 is 2.32 bits per heavy atom. The third-order valence-electron chi connectivity index (χ3n) is 8.76. The van der Waals surface area contributed by atoms with E-state index in [0.29, 0.717) is 15.6 Å². The molecule has 0 bridgehead atoms. The van der Waals surface area contributed by atoms with E-state index in [1.165, 1.54) is 67.9 Å². The molecular weight excluding hydrogens is 673 g/mol. The minimum Gasteiger partial charge on any atom is -0.497 e. The van der Waals surface area contributed by atoms with Gasteiger partial charge in [0.15, 0.2) is 12.1 Å². The molecule has 4 aromatic rings. The molecule has 0 spiro atoms. The predicted octanol–water partition coefficient (Wildman–Crippen LogP) is 4.42. The van der Waals surface area contributed by atoms with Crippen LogP contribution >= 0.6 is 0 Å². The Labute approximate surface area is 287 Å². The normalized spacial score (nSPS) is 18.1. The maximum absolute atomic E-state index is 14.9. The third kappa shape index (κ3) is 6.57. The topological polar surface area (TPSA) is 128 Å². The van der Waals surface area contributed by atoms with E-state index < -0.39 is 40.1 Å². The van der Waals surface area contributed by atoms with Crippen LogP contribution in [-0.2, 0) is 26.9 Å². The number of nitrogens with one attached hydrogen (secondary N) is 1. The van der Waals surface area contributed by atoms with E-state index in [9.17, 15) is 31.6 Å². The van der Waals surface area contributed by atoms with Crippen LogP contribution in [0.3, 0.4) is 0 Å². The van der Waals surface area contributed by atoms with Crippen LogP contribution < -0.4 is 24.0 Å². The van der Waals surface area contributed by atoms with Gasteiger partial charge < -0.3 is 19.3 Å². The Morgan fingerprint density at radius 1 is 0.980 bits per heavy atom. The van der Waals surface area contributed by atoms with Gasteiger partial charge >= 0.3 is 6.18 Å². The van der Waals surface area contributed by atoms with E-state index in [4.69, 9.17) is 9.47 Å². The van der Waals surface area contributed by atoms with Gasteiger partial charge in [0.25, 0.3) is 15.9 Å². The zero-order chi connectivity index (χ0) is 35.7. The first-order valence-electron chi connectivity index (χ1n) is 15.6. The van der Waals surface area contributed by atoms with Gasteiger partial charge in [0.1, 0.15) is 5.75 Å². The molecule has 3 aromatic carbocycles. The van der Waals surface area contributed by atoms with Crippen LogP contribution in [0.25, 0.3) is 0 Å². The number of benzene rings is 3. The summed E-state index contributed by atoms with van der Waals surface area (Å²) in [6, 6.07) is 21.8. The van der Waals surface area contributed by atoms with Crippen molar-refractivity contribution in [3.63, 3.8) is 0 Å². The Kier molecular flexibility index (Phi) is 9.45. The lowest BCUT2D eigenvalue weighted by molar-refractivity contribution is -0.154. The number of hydrogen-bond acceptors (Lipinski definition) is 10. The summed E-state index contributed by atoms with van der Waals surface area (Å²) in [6.07, 6.45) is -3.53. The zero-order valence-electron chi connectivity index (χ0n) is 27.1. The second-order valence-electron chi connectivity index (χ2n) is 11.9. The average molecular weight is 707 g/mol. The van der Waals surface area contributed by atoms with Gasteiger partial charge in [0.05, 0.1) is 29.3 Å². The molecule has 1 N–H and O–H groups in total. The molecule has 1 amide bonds. The lowest BCUT2D eigenvalue weighted by Crippen LogP contribution is -2.52. The second-order valence-corrected chi connectivity index (χ2v) is 13.7. The van der Waals surface area contributed by atoms with E-state index in [-0.39, 0.29) is 33.8 Å². The fourth-order valence-corrected chi connectivity index (χ4v) is 7.61.